The highest BCUT2D eigenvalue weighted by molar-refractivity contribution is 6.35. The second kappa shape index (κ2) is 6.83. The van der Waals surface area contributed by atoms with Gasteiger partial charge in [0.2, 0.25) is 5.91 Å². The fourth-order valence-electron chi connectivity index (χ4n) is 1.39. The highest BCUT2D eigenvalue weighted by atomic mass is 35.5. The number of nitrogens with two attached hydrogens (primary N) is 1. The summed E-state index contributed by atoms with van der Waals surface area (Å²) in [6, 6.07) is 3.29. The van der Waals surface area contributed by atoms with Crippen molar-refractivity contribution in [2.45, 2.75) is 13.0 Å². The minimum atomic E-state index is -0.00520. The number of hydrogen-bond donors (Lipinski definition) is 1. The smallest absolute Gasteiger partial charge is 0.225 e. The first kappa shape index (κ1) is 15.1. The quantitative estimate of drug-likeness (QED) is 0.905. The van der Waals surface area contributed by atoms with Gasteiger partial charge in [0, 0.05) is 31.2 Å². The molecular weight excluding hydrogens is 275 g/mol. The Balaban J connectivity index is 2.70. The number of rotatable bonds is 5. The number of nitrogens with zero attached hydrogens (tertiary/aromatic N) is 1. The average Bonchev–Trinajstić information content (AvgIpc) is 2.30. The SMILES string of the molecule is CN(C)C(=O)CCOc1c(Cl)cc(Cl)cc1CN. The van der Waals surface area contributed by atoms with Gasteiger partial charge in [0.05, 0.1) is 18.1 Å². The van der Waals surface area contributed by atoms with Crippen molar-refractivity contribution in [3.8, 4) is 5.75 Å². The van der Waals surface area contributed by atoms with Gasteiger partial charge in [0.1, 0.15) is 5.75 Å². The first-order valence-corrected chi connectivity index (χ1v) is 6.22. The van der Waals surface area contributed by atoms with Crippen molar-refractivity contribution in [2.24, 2.45) is 5.73 Å². The van der Waals surface area contributed by atoms with Crippen LogP contribution >= 0.6 is 23.2 Å². The van der Waals surface area contributed by atoms with E-state index in [1.165, 1.54) is 4.90 Å². The lowest BCUT2D eigenvalue weighted by atomic mass is 10.2. The van der Waals surface area contributed by atoms with Crippen LogP contribution in [0.4, 0.5) is 0 Å². The molecule has 0 bridgehead atoms. The lowest BCUT2D eigenvalue weighted by Crippen LogP contribution is -2.23. The highest BCUT2D eigenvalue weighted by Gasteiger charge is 2.11. The lowest BCUT2D eigenvalue weighted by Gasteiger charge is -2.14. The maximum absolute atomic E-state index is 11.4. The molecule has 1 rings (SSSR count). The van der Waals surface area contributed by atoms with Crippen molar-refractivity contribution in [1.29, 1.82) is 0 Å². The summed E-state index contributed by atoms with van der Waals surface area (Å²) in [5.41, 5.74) is 6.32. The van der Waals surface area contributed by atoms with Crippen LogP contribution in [0.5, 0.6) is 5.75 Å². The summed E-state index contributed by atoms with van der Waals surface area (Å²) in [5.74, 6) is 0.490. The monoisotopic (exact) mass is 290 g/mol. The average molecular weight is 291 g/mol. The Morgan fingerprint density at radius 3 is 2.61 bits per heavy atom. The molecule has 0 aliphatic carbocycles. The van der Waals surface area contributed by atoms with Gasteiger partial charge in [-0.1, -0.05) is 23.2 Å². The molecule has 0 heterocycles. The van der Waals surface area contributed by atoms with Gasteiger partial charge in [-0.05, 0) is 12.1 Å². The van der Waals surface area contributed by atoms with Crippen LogP contribution in [0.1, 0.15) is 12.0 Å². The van der Waals surface area contributed by atoms with Crippen LogP contribution in [0.25, 0.3) is 0 Å². The van der Waals surface area contributed by atoms with Gasteiger partial charge in [-0.2, -0.15) is 0 Å². The zero-order valence-electron chi connectivity index (χ0n) is 10.4. The molecule has 0 unspecified atom stereocenters. The summed E-state index contributed by atoms with van der Waals surface area (Å²) in [5, 5.41) is 0.914. The second-order valence-electron chi connectivity index (χ2n) is 3.97. The van der Waals surface area contributed by atoms with Gasteiger partial charge in [0.15, 0.2) is 0 Å². The lowest BCUT2D eigenvalue weighted by molar-refractivity contribution is -0.129. The summed E-state index contributed by atoms with van der Waals surface area (Å²) in [6.07, 6.45) is 0.288. The molecule has 0 saturated heterocycles. The molecule has 100 valence electrons. The van der Waals surface area contributed by atoms with Crippen molar-refractivity contribution in [1.82, 2.24) is 4.90 Å². The molecule has 4 nitrogen and oxygen atoms in total. The molecule has 0 atom stereocenters. The fraction of sp³-hybridized carbons (Fsp3) is 0.417. The zero-order chi connectivity index (χ0) is 13.7. The van der Waals surface area contributed by atoms with E-state index in [0.29, 0.717) is 15.8 Å². The topological polar surface area (TPSA) is 55.6 Å². The van der Waals surface area contributed by atoms with E-state index >= 15 is 0 Å². The highest BCUT2D eigenvalue weighted by Crippen LogP contribution is 2.32. The second-order valence-corrected chi connectivity index (χ2v) is 4.81. The summed E-state index contributed by atoms with van der Waals surface area (Å²) < 4.78 is 5.52. The molecule has 0 radical (unpaired) electrons. The predicted molar refractivity (Wildman–Crippen MR) is 73.2 cm³/mol. The first-order valence-electron chi connectivity index (χ1n) is 5.46. The molecule has 1 aromatic rings. The molecule has 0 aliphatic rings. The molecule has 0 aromatic heterocycles. The standard InChI is InChI=1S/C12H16Cl2N2O2/c1-16(2)11(17)3-4-18-12-8(7-15)5-9(13)6-10(12)14/h5-6H,3-4,7,15H2,1-2H3. The van der Waals surface area contributed by atoms with E-state index in [2.05, 4.69) is 0 Å². The molecule has 1 amide bonds. The van der Waals surface area contributed by atoms with E-state index in [1.54, 1.807) is 26.2 Å². The normalized spacial score (nSPS) is 10.3. The number of halogens is 2. The molecule has 0 aliphatic heterocycles. The third kappa shape index (κ3) is 4.05. The van der Waals surface area contributed by atoms with Gasteiger partial charge < -0.3 is 15.4 Å². The van der Waals surface area contributed by atoms with Gasteiger partial charge in [-0.15, -0.1) is 0 Å². The summed E-state index contributed by atoms with van der Waals surface area (Å²) in [6.45, 7) is 0.530. The maximum atomic E-state index is 11.4. The molecule has 1 aromatic carbocycles. The van der Waals surface area contributed by atoms with Gasteiger partial charge in [-0.25, -0.2) is 0 Å². The summed E-state index contributed by atoms with van der Waals surface area (Å²) >= 11 is 11.9. The van der Waals surface area contributed by atoms with Crippen LogP contribution in [-0.4, -0.2) is 31.5 Å². The fourth-order valence-corrected chi connectivity index (χ4v) is 1.98. The number of carbonyl (C=O) groups is 1. The molecule has 0 spiro atoms. The van der Waals surface area contributed by atoms with E-state index in [0.717, 1.165) is 5.56 Å². The van der Waals surface area contributed by atoms with Crippen molar-refractivity contribution in [3.05, 3.63) is 27.7 Å². The van der Waals surface area contributed by atoms with E-state index in [-0.39, 0.29) is 25.5 Å². The van der Waals surface area contributed by atoms with Gasteiger partial charge in [-0.3, -0.25) is 4.79 Å². The molecule has 6 heteroatoms. The Bertz CT molecular complexity index is 436. The molecule has 2 N–H and O–H groups in total. The van der Waals surface area contributed by atoms with Crippen molar-refractivity contribution in [3.63, 3.8) is 0 Å². The Kier molecular flexibility index (Phi) is 5.72. The van der Waals surface area contributed by atoms with Crippen LogP contribution < -0.4 is 10.5 Å². The third-order valence-electron chi connectivity index (χ3n) is 2.37. The zero-order valence-corrected chi connectivity index (χ0v) is 11.9. The van der Waals surface area contributed by atoms with Gasteiger partial charge >= 0.3 is 0 Å². The molecule has 18 heavy (non-hydrogen) atoms. The van der Waals surface area contributed by atoms with E-state index in [9.17, 15) is 4.79 Å². The molecule has 0 fully saturated rings. The Labute approximate surface area is 117 Å². The van der Waals surface area contributed by atoms with Crippen LogP contribution in [0.15, 0.2) is 12.1 Å². The minimum absolute atomic E-state index is 0.00520. The third-order valence-corrected chi connectivity index (χ3v) is 2.87. The summed E-state index contributed by atoms with van der Waals surface area (Å²) in [7, 11) is 3.39. The summed E-state index contributed by atoms with van der Waals surface area (Å²) in [4.78, 5) is 12.9. The van der Waals surface area contributed by atoms with Crippen molar-refractivity contribution in [2.75, 3.05) is 20.7 Å². The van der Waals surface area contributed by atoms with Crippen LogP contribution in [0.3, 0.4) is 0 Å². The Morgan fingerprint density at radius 1 is 1.39 bits per heavy atom. The first-order chi connectivity index (χ1) is 8.45. The predicted octanol–water partition coefficient (Wildman–Crippen LogP) is 2.31. The minimum Gasteiger partial charge on any atom is -0.491 e. The molecule has 0 saturated carbocycles. The number of hydrogen-bond acceptors (Lipinski definition) is 3. The number of ether oxygens (including phenoxy) is 1. The van der Waals surface area contributed by atoms with Crippen LogP contribution in [0, 0.1) is 0 Å². The van der Waals surface area contributed by atoms with Gasteiger partial charge in [0.25, 0.3) is 0 Å². The van der Waals surface area contributed by atoms with Crippen LogP contribution in [0.2, 0.25) is 10.0 Å². The maximum Gasteiger partial charge on any atom is 0.225 e. The van der Waals surface area contributed by atoms with E-state index in [1.807, 2.05) is 0 Å². The number of carbonyl (C=O) groups excluding carboxylic acids is 1. The van der Waals surface area contributed by atoms with E-state index < -0.39 is 0 Å². The van der Waals surface area contributed by atoms with E-state index in [4.69, 9.17) is 33.7 Å². The Hall–Kier alpha value is -0.970. The van der Waals surface area contributed by atoms with Crippen molar-refractivity contribution >= 4 is 29.1 Å². The van der Waals surface area contributed by atoms with Crippen LogP contribution in [-0.2, 0) is 11.3 Å². The number of benzene rings is 1. The largest absolute Gasteiger partial charge is 0.491 e. The molecular formula is C12H16Cl2N2O2. The Morgan fingerprint density at radius 2 is 2.06 bits per heavy atom. The number of amides is 1. The van der Waals surface area contributed by atoms with Crippen molar-refractivity contribution < 1.29 is 9.53 Å².